The summed E-state index contributed by atoms with van der Waals surface area (Å²) in [6.45, 7) is 7.59. The lowest BCUT2D eigenvalue weighted by atomic mass is 9.84. The van der Waals surface area contributed by atoms with E-state index in [4.69, 9.17) is 4.74 Å². The molecule has 0 saturated heterocycles. The fraction of sp³-hybridized carbons (Fsp3) is 0.391. The van der Waals surface area contributed by atoms with E-state index in [1.54, 1.807) is 13.3 Å². The van der Waals surface area contributed by atoms with Gasteiger partial charge in [-0.1, -0.05) is 13.8 Å². The molecule has 7 heteroatoms. The standard InChI is InChI=1S/C23H28BF2N3O/c1-8-18-13(3)22-21(17-10-11-27-20(12-17)30-7)23-14(4)19(9-2)16(6)29(23)24(25,26)28(22)15(18)5/h10-12H,8-9H2,1-7H3. The molecule has 0 aromatic carbocycles. The molecule has 4 rings (SSSR count). The fourth-order valence-electron chi connectivity index (χ4n) is 5.43. The number of ether oxygens (including phenoxy) is 1. The van der Waals surface area contributed by atoms with Crippen molar-refractivity contribution in [3.05, 3.63) is 63.3 Å². The van der Waals surface area contributed by atoms with Crippen LogP contribution in [0.3, 0.4) is 0 Å². The Balaban J connectivity index is 2.22. The molecule has 30 heavy (non-hydrogen) atoms. The Morgan fingerprint density at radius 1 is 1.13 bits per heavy atom. The van der Waals surface area contributed by atoms with Crippen molar-refractivity contribution >= 4 is 18.3 Å². The van der Waals surface area contributed by atoms with Crippen molar-refractivity contribution in [2.75, 3.05) is 7.11 Å². The molecule has 158 valence electrons. The summed E-state index contributed by atoms with van der Waals surface area (Å²) in [6.07, 6.45) is 3.10. The molecule has 0 unspecified atom stereocenters. The molecule has 2 aliphatic heterocycles. The second-order valence-corrected chi connectivity index (χ2v) is 8.07. The Bertz CT molecular complexity index is 1170. The molecule has 2 aromatic rings. The van der Waals surface area contributed by atoms with Gasteiger partial charge in [0.15, 0.2) is 5.70 Å². The number of methoxy groups -OCH3 is 1. The zero-order valence-corrected chi connectivity index (χ0v) is 18.7. The van der Waals surface area contributed by atoms with Crippen LogP contribution in [0.2, 0.25) is 0 Å². The number of allylic oxidation sites excluding steroid dienone is 2. The molecule has 0 saturated carbocycles. The monoisotopic (exact) mass is 411 g/mol. The van der Waals surface area contributed by atoms with E-state index in [-0.39, 0.29) is 0 Å². The van der Waals surface area contributed by atoms with Crippen LogP contribution in [0.25, 0.3) is 5.57 Å². The van der Waals surface area contributed by atoms with Gasteiger partial charge in [0.25, 0.3) is 0 Å². The molecule has 4 nitrogen and oxygen atoms in total. The van der Waals surface area contributed by atoms with Gasteiger partial charge < -0.3 is 22.3 Å². The highest BCUT2D eigenvalue weighted by atomic mass is 19.2. The third-order valence-electron chi connectivity index (χ3n) is 6.73. The van der Waals surface area contributed by atoms with Gasteiger partial charge >= 0.3 is 6.97 Å². The maximum Gasteiger partial charge on any atom is 0.737 e. The van der Waals surface area contributed by atoms with Gasteiger partial charge in [-0.15, -0.1) is 0 Å². The van der Waals surface area contributed by atoms with Gasteiger partial charge in [-0.3, -0.25) is 0 Å². The van der Waals surface area contributed by atoms with Gasteiger partial charge in [0.05, 0.1) is 12.7 Å². The average Bonchev–Trinajstić information content (AvgIpc) is 3.13. The van der Waals surface area contributed by atoms with E-state index in [0.717, 1.165) is 33.4 Å². The number of fused-ring (bicyclic) bond motifs is 2. The number of rotatable bonds is 4. The zero-order valence-electron chi connectivity index (χ0n) is 18.7. The van der Waals surface area contributed by atoms with E-state index < -0.39 is 6.97 Å². The van der Waals surface area contributed by atoms with Crippen LogP contribution in [0.15, 0.2) is 35.2 Å². The molecule has 4 heterocycles. The van der Waals surface area contributed by atoms with Crippen molar-refractivity contribution in [2.24, 2.45) is 0 Å². The van der Waals surface area contributed by atoms with Crippen LogP contribution >= 0.6 is 0 Å². The molecule has 0 N–H and O–H groups in total. The number of hydrogen-bond donors (Lipinski definition) is 0. The summed E-state index contributed by atoms with van der Waals surface area (Å²) in [7, 11) is 1.56. The van der Waals surface area contributed by atoms with Gasteiger partial charge in [-0.25, -0.2) is 4.98 Å². The average molecular weight is 411 g/mol. The maximum atomic E-state index is 16.1. The van der Waals surface area contributed by atoms with Crippen molar-refractivity contribution in [2.45, 2.75) is 54.4 Å². The number of pyridine rings is 1. The predicted molar refractivity (Wildman–Crippen MR) is 117 cm³/mol. The third-order valence-corrected chi connectivity index (χ3v) is 6.73. The van der Waals surface area contributed by atoms with Crippen molar-refractivity contribution in [1.29, 1.82) is 0 Å². The first-order valence-electron chi connectivity index (χ1n) is 10.5. The van der Waals surface area contributed by atoms with Crippen molar-refractivity contribution in [3.8, 4) is 5.88 Å². The molecule has 0 fully saturated rings. The summed E-state index contributed by atoms with van der Waals surface area (Å²) in [5.74, 6) is 0.467. The minimum Gasteiger partial charge on any atom is -0.481 e. The van der Waals surface area contributed by atoms with Gasteiger partial charge in [-0.2, -0.15) is 0 Å². The van der Waals surface area contributed by atoms with Crippen molar-refractivity contribution in [1.82, 2.24) is 9.46 Å². The lowest BCUT2D eigenvalue weighted by Gasteiger charge is -2.34. The van der Waals surface area contributed by atoms with Crippen LogP contribution in [-0.4, -0.2) is 33.7 Å². The Morgan fingerprint density at radius 2 is 1.83 bits per heavy atom. The van der Waals surface area contributed by atoms with Gasteiger partial charge in [-0.05, 0) is 62.1 Å². The van der Waals surface area contributed by atoms with E-state index in [1.807, 2.05) is 53.7 Å². The van der Waals surface area contributed by atoms with E-state index in [1.165, 1.54) is 8.96 Å². The molecule has 0 bridgehead atoms. The number of halogens is 2. The summed E-state index contributed by atoms with van der Waals surface area (Å²) in [4.78, 5) is 4.22. The summed E-state index contributed by atoms with van der Waals surface area (Å²) >= 11 is 0. The number of hydrogen-bond acceptors (Lipinski definition) is 2. The Morgan fingerprint density at radius 3 is 2.43 bits per heavy atom. The van der Waals surface area contributed by atoms with Crippen LogP contribution in [0.5, 0.6) is 5.88 Å². The van der Waals surface area contributed by atoms with Crippen LogP contribution in [0, 0.1) is 13.8 Å². The van der Waals surface area contributed by atoms with E-state index in [0.29, 0.717) is 41.5 Å². The van der Waals surface area contributed by atoms with Crippen molar-refractivity contribution < 1.29 is 17.9 Å². The van der Waals surface area contributed by atoms with E-state index in [9.17, 15) is 0 Å². The van der Waals surface area contributed by atoms with Crippen LogP contribution in [0.4, 0.5) is 8.63 Å². The van der Waals surface area contributed by atoms with Crippen LogP contribution in [0.1, 0.15) is 62.2 Å². The molecule has 0 spiro atoms. The molecule has 2 aliphatic rings. The fourth-order valence-corrected chi connectivity index (χ4v) is 5.43. The van der Waals surface area contributed by atoms with Crippen LogP contribution in [-0.2, 0) is 6.42 Å². The quantitative estimate of drug-likeness (QED) is 0.641. The van der Waals surface area contributed by atoms with Gasteiger partial charge in [0.2, 0.25) is 5.88 Å². The Kier molecular flexibility index (Phi) is 4.75. The Labute approximate surface area is 176 Å². The summed E-state index contributed by atoms with van der Waals surface area (Å²) < 4.78 is 40.2. The molecule has 0 radical (unpaired) electrons. The molecule has 2 aromatic heterocycles. The normalized spacial score (nSPS) is 17.6. The lowest BCUT2D eigenvalue weighted by molar-refractivity contribution is -0.363. The molecular weight excluding hydrogens is 383 g/mol. The smallest absolute Gasteiger partial charge is 0.481 e. The first kappa shape index (κ1) is 20.6. The first-order valence-corrected chi connectivity index (χ1v) is 10.5. The maximum absolute atomic E-state index is 16.1. The topological polar surface area (TPSA) is 30.1 Å². The van der Waals surface area contributed by atoms with E-state index >= 15 is 8.63 Å². The summed E-state index contributed by atoms with van der Waals surface area (Å²) in [5, 5.41) is 0. The number of nitrogens with zero attached hydrogens (tertiary/aromatic N) is 3. The predicted octanol–water partition coefficient (Wildman–Crippen LogP) is 5.28. The number of aromatic nitrogens is 2. The minimum absolute atomic E-state index is 0.467. The zero-order chi connectivity index (χ0) is 22.0. The first-order chi connectivity index (χ1) is 14.2. The summed E-state index contributed by atoms with van der Waals surface area (Å²) in [5.41, 5.74) is 7.98. The van der Waals surface area contributed by atoms with Gasteiger partial charge in [0.1, 0.15) is 5.71 Å². The van der Waals surface area contributed by atoms with Crippen LogP contribution < -0.4 is 4.74 Å². The van der Waals surface area contributed by atoms with Crippen molar-refractivity contribution in [3.63, 3.8) is 0 Å². The lowest BCUT2D eigenvalue weighted by Crippen LogP contribution is -2.51. The molecule has 0 aliphatic carbocycles. The second-order valence-electron chi connectivity index (χ2n) is 8.07. The summed E-state index contributed by atoms with van der Waals surface area (Å²) in [6, 6.07) is 3.71. The minimum atomic E-state index is -4.00. The highest BCUT2D eigenvalue weighted by Crippen LogP contribution is 2.47. The second kappa shape index (κ2) is 6.93. The Hall–Kier alpha value is -2.70. The molecule has 0 amide bonds. The highest BCUT2D eigenvalue weighted by molar-refractivity contribution is 6.58. The van der Waals surface area contributed by atoms with Gasteiger partial charge in [0, 0.05) is 36.0 Å². The molecular formula is C23H28BF2N3O. The third kappa shape index (κ3) is 2.50. The van der Waals surface area contributed by atoms with E-state index in [2.05, 4.69) is 4.98 Å². The SMILES string of the molecule is CCC1=C(C)C2=C(c3ccnc(OC)c3)c3c(C)c(CC)c(C)n3[B-](F)(F)[N+]2=C1C. The highest BCUT2D eigenvalue weighted by Gasteiger charge is 2.56. The largest absolute Gasteiger partial charge is 0.737 e. The molecule has 0 atom stereocenters.